The summed E-state index contributed by atoms with van der Waals surface area (Å²) in [6, 6.07) is 5.52. The van der Waals surface area contributed by atoms with E-state index in [-0.39, 0.29) is 11.3 Å². The van der Waals surface area contributed by atoms with Crippen LogP contribution in [0.15, 0.2) is 47.7 Å². The highest BCUT2D eigenvalue weighted by Crippen LogP contribution is 2.39. The second-order valence-electron chi connectivity index (χ2n) is 5.53. The highest BCUT2D eigenvalue weighted by atomic mass is 32.2. The Hall–Kier alpha value is -1.92. The largest absolute Gasteiger partial charge is 0.328 e. The summed E-state index contributed by atoms with van der Waals surface area (Å²) in [5.74, 6) is 0.255. The first-order chi connectivity index (χ1) is 9.82. The van der Waals surface area contributed by atoms with Crippen LogP contribution < -0.4 is 0 Å². The van der Waals surface area contributed by atoms with Crippen molar-refractivity contribution in [1.82, 2.24) is 9.97 Å². The summed E-state index contributed by atoms with van der Waals surface area (Å²) in [6.07, 6.45) is 8.20. The molecular weight excluding hydrogens is 288 g/mol. The molecule has 1 aliphatic carbocycles. The molecule has 1 aromatic heterocycles. The minimum absolute atomic E-state index is 0.255. The van der Waals surface area contributed by atoms with Gasteiger partial charge in [0.05, 0.1) is 11.0 Å². The van der Waals surface area contributed by atoms with Crippen molar-refractivity contribution in [3.8, 4) is 0 Å². The van der Waals surface area contributed by atoms with E-state index in [1.165, 1.54) is 0 Å². The molecule has 0 spiro atoms. The topological polar surface area (TPSA) is 83.1 Å². The number of hydrogen-bond acceptors (Lipinski definition) is 3. The molecule has 0 amide bonds. The van der Waals surface area contributed by atoms with Crippen LogP contribution in [0.1, 0.15) is 19.4 Å². The van der Waals surface area contributed by atoms with Crippen LogP contribution in [0.4, 0.5) is 0 Å². The zero-order chi connectivity index (χ0) is 15.3. The van der Waals surface area contributed by atoms with E-state index in [1.807, 2.05) is 24.3 Å². The fourth-order valence-corrected chi connectivity index (χ4v) is 3.20. The van der Waals surface area contributed by atoms with E-state index in [1.54, 1.807) is 6.07 Å². The van der Waals surface area contributed by atoms with Gasteiger partial charge in [0.15, 0.2) is 0 Å². The van der Waals surface area contributed by atoms with Crippen molar-refractivity contribution in [3.05, 3.63) is 48.1 Å². The maximum Gasteiger partial charge on any atom is 0.328 e. The van der Waals surface area contributed by atoms with E-state index in [0.717, 1.165) is 5.56 Å². The van der Waals surface area contributed by atoms with Gasteiger partial charge in [0.2, 0.25) is 0 Å². The zero-order valence-electron chi connectivity index (χ0n) is 11.7. The number of nitrogens with zero attached hydrogens (tertiary/aromatic N) is 1. The average molecular weight is 304 g/mol. The average Bonchev–Trinajstić information content (AvgIpc) is 2.86. The number of benzene rings is 1. The van der Waals surface area contributed by atoms with Crippen molar-refractivity contribution in [2.45, 2.75) is 24.4 Å². The van der Waals surface area contributed by atoms with E-state index in [4.69, 9.17) is 4.55 Å². The highest BCUT2D eigenvalue weighted by Gasteiger charge is 2.33. The standard InChI is InChI=1S/C15H16N2O3S/c1-10-6-3-4-9-15(10,2)11-7-5-8-12-13(11)17-14(16-12)21(18,19)20/h3-10H,1-2H3,(H,16,17)(H,18,19,20). The van der Waals surface area contributed by atoms with Crippen LogP contribution in [0.25, 0.3) is 11.0 Å². The molecule has 1 aromatic carbocycles. The molecule has 1 aliphatic rings. The highest BCUT2D eigenvalue weighted by molar-refractivity contribution is 7.85. The number of H-pyrrole nitrogens is 1. The maximum atomic E-state index is 11.3. The van der Waals surface area contributed by atoms with E-state index in [0.29, 0.717) is 11.0 Å². The van der Waals surface area contributed by atoms with Gasteiger partial charge in [0.25, 0.3) is 5.16 Å². The fourth-order valence-electron chi connectivity index (χ4n) is 2.75. The number of allylic oxidation sites excluding steroid dienone is 4. The predicted octanol–water partition coefficient (Wildman–Crippen LogP) is 2.83. The Morgan fingerprint density at radius 1 is 1.33 bits per heavy atom. The van der Waals surface area contributed by atoms with Gasteiger partial charge in [-0.15, -0.1) is 0 Å². The molecule has 0 saturated heterocycles. The van der Waals surface area contributed by atoms with Gasteiger partial charge in [-0.1, -0.05) is 50.3 Å². The number of para-hydroxylation sites is 1. The third-order valence-electron chi connectivity index (χ3n) is 4.22. The molecule has 5 nitrogen and oxygen atoms in total. The normalized spacial score (nSPS) is 25.6. The van der Waals surface area contributed by atoms with E-state index >= 15 is 0 Å². The number of aromatic nitrogens is 2. The van der Waals surface area contributed by atoms with Crippen LogP contribution in [0, 0.1) is 5.92 Å². The summed E-state index contributed by atoms with van der Waals surface area (Å²) in [7, 11) is -4.34. The monoisotopic (exact) mass is 304 g/mol. The Morgan fingerprint density at radius 3 is 2.76 bits per heavy atom. The molecular formula is C15H16N2O3S. The Morgan fingerprint density at radius 2 is 2.10 bits per heavy atom. The Balaban J connectivity index is 2.27. The van der Waals surface area contributed by atoms with Gasteiger partial charge >= 0.3 is 10.1 Å². The van der Waals surface area contributed by atoms with Crippen molar-refractivity contribution in [1.29, 1.82) is 0 Å². The Bertz CT molecular complexity index is 864. The molecule has 1 heterocycles. The minimum atomic E-state index is -4.34. The lowest BCUT2D eigenvalue weighted by Crippen LogP contribution is -2.28. The number of aromatic amines is 1. The number of nitrogens with one attached hydrogen (secondary N) is 1. The number of imidazole rings is 1. The molecule has 21 heavy (non-hydrogen) atoms. The lowest BCUT2D eigenvalue weighted by molar-refractivity contribution is 0.460. The van der Waals surface area contributed by atoms with Crippen LogP contribution in [-0.2, 0) is 15.5 Å². The fraction of sp³-hybridized carbons (Fsp3) is 0.267. The van der Waals surface area contributed by atoms with Gasteiger partial charge in [0.1, 0.15) is 0 Å². The number of rotatable bonds is 2. The predicted molar refractivity (Wildman–Crippen MR) is 80.7 cm³/mol. The molecule has 0 radical (unpaired) electrons. The molecule has 6 heteroatoms. The summed E-state index contributed by atoms with van der Waals surface area (Å²) in [5, 5.41) is -0.420. The molecule has 0 bridgehead atoms. The van der Waals surface area contributed by atoms with Crippen LogP contribution >= 0.6 is 0 Å². The lowest BCUT2D eigenvalue weighted by atomic mass is 9.70. The lowest BCUT2D eigenvalue weighted by Gasteiger charge is -2.33. The summed E-state index contributed by atoms with van der Waals surface area (Å²) in [4.78, 5) is 6.70. The number of hydrogen-bond donors (Lipinski definition) is 2. The van der Waals surface area contributed by atoms with Gasteiger partial charge in [0, 0.05) is 5.41 Å². The van der Waals surface area contributed by atoms with E-state index in [2.05, 4.69) is 36.0 Å². The van der Waals surface area contributed by atoms with Crippen LogP contribution in [0.5, 0.6) is 0 Å². The molecule has 0 fully saturated rings. The molecule has 110 valence electrons. The second-order valence-corrected chi connectivity index (χ2v) is 6.87. The zero-order valence-corrected chi connectivity index (χ0v) is 12.6. The van der Waals surface area contributed by atoms with Crippen LogP contribution in [0.2, 0.25) is 0 Å². The first-order valence-corrected chi connectivity index (χ1v) is 8.09. The first-order valence-electron chi connectivity index (χ1n) is 6.65. The molecule has 2 atom stereocenters. The third kappa shape index (κ3) is 2.20. The number of fused-ring (bicyclic) bond motifs is 1. The SMILES string of the molecule is CC1C=CC=CC1(C)c1cccc2nc(S(=O)(=O)O)[nH]c12. The van der Waals surface area contributed by atoms with Gasteiger partial charge in [-0.25, -0.2) is 4.98 Å². The van der Waals surface area contributed by atoms with Crippen LogP contribution in [-0.4, -0.2) is 22.9 Å². The van der Waals surface area contributed by atoms with Gasteiger partial charge in [-0.2, -0.15) is 8.42 Å². The molecule has 3 rings (SSSR count). The van der Waals surface area contributed by atoms with Gasteiger partial charge in [-0.05, 0) is 17.5 Å². The van der Waals surface area contributed by atoms with Crippen molar-refractivity contribution in [2.75, 3.05) is 0 Å². The molecule has 0 aliphatic heterocycles. The van der Waals surface area contributed by atoms with Crippen molar-refractivity contribution >= 4 is 21.2 Å². The minimum Gasteiger partial charge on any atom is -0.326 e. The van der Waals surface area contributed by atoms with E-state index < -0.39 is 15.3 Å². The first kappa shape index (κ1) is 14.0. The van der Waals surface area contributed by atoms with Crippen LogP contribution in [0.3, 0.4) is 0 Å². The van der Waals surface area contributed by atoms with Gasteiger partial charge in [-0.3, -0.25) is 4.55 Å². The third-order valence-corrected chi connectivity index (χ3v) is 4.90. The molecule has 0 saturated carbocycles. The van der Waals surface area contributed by atoms with Crippen molar-refractivity contribution < 1.29 is 13.0 Å². The quantitative estimate of drug-likeness (QED) is 0.836. The molecule has 2 unspecified atom stereocenters. The smallest absolute Gasteiger partial charge is 0.326 e. The molecule has 2 aromatic rings. The Kier molecular flexibility index (Phi) is 3.04. The van der Waals surface area contributed by atoms with E-state index in [9.17, 15) is 8.42 Å². The summed E-state index contributed by atoms with van der Waals surface area (Å²) in [6.45, 7) is 4.21. The maximum absolute atomic E-state index is 11.3. The van der Waals surface area contributed by atoms with Crippen molar-refractivity contribution in [3.63, 3.8) is 0 Å². The molecule has 2 N–H and O–H groups in total. The summed E-state index contributed by atoms with van der Waals surface area (Å²) >= 11 is 0. The Labute approximate surface area is 123 Å². The summed E-state index contributed by atoms with van der Waals surface area (Å²) in [5.41, 5.74) is 1.85. The second kappa shape index (κ2) is 4.54. The summed E-state index contributed by atoms with van der Waals surface area (Å²) < 4.78 is 31.7. The van der Waals surface area contributed by atoms with Gasteiger partial charge < -0.3 is 4.98 Å². The van der Waals surface area contributed by atoms with Crippen molar-refractivity contribution in [2.24, 2.45) is 5.92 Å².